The van der Waals surface area contributed by atoms with Gasteiger partial charge in [0.1, 0.15) is 11.8 Å². The van der Waals surface area contributed by atoms with E-state index in [1.54, 1.807) is 0 Å². The molecule has 0 aromatic heterocycles. The summed E-state index contributed by atoms with van der Waals surface area (Å²) in [5.74, 6) is 0.232. The van der Waals surface area contributed by atoms with Crippen molar-refractivity contribution in [1.82, 2.24) is 0 Å². The van der Waals surface area contributed by atoms with E-state index in [9.17, 15) is 4.39 Å². The van der Waals surface area contributed by atoms with Crippen molar-refractivity contribution in [2.75, 3.05) is 0 Å². The lowest BCUT2D eigenvalue weighted by Crippen LogP contribution is -2.44. The van der Waals surface area contributed by atoms with Crippen molar-refractivity contribution in [3.05, 3.63) is 35.9 Å². The van der Waals surface area contributed by atoms with Crippen molar-refractivity contribution in [3.8, 4) is 0 Å². The minimum absolute atomic E-state index is 0.0850. The lowest BCUT2D eigenvalue weighted by Gasteiger charge is -2.31. The molecular formula is C16H21FO2. The Morgan fingerprint density at radius 1 is 1.32 bits per heavy atom. The highest BCUT2D eigenvalue weighted by molar-refractivity contribution is 5.15. The molecule has 0 amide bonds. The molecule has 0 bridgehead atoms. The van der Waals surface area contributed by atoms with Crippen LogP contribution in [0.1, 0.15) is 32.3 Å². The van der Waals surface area contributed by atoms with Crippen LogP contribution < -0.4 is 0 Å². The molecule has 0 spiro atoms. The smallest absolute Gasteiger partial charge is 0.132 e. The second-order valence-corrected chi connectivity index (χ2v) is 5.98. The average molecular weight is 264 g/mol. The van der Waals surface area contributed by atoms with E-state index in [4.69, 9.17) is 9.47 Å². The van der Waals surface area contributed by atoms with Gasteiger partial charge in [0.05, 0.1) is 18.8 Å². The Morgan fingerprint density at radius 2 is 2.05 bits per heavy atom. The van der Waals surface area contributed by atoms with Crippen molar-refractivity contribution < 1.29 is 13.9 Å². The summed E-state index contributed by atoms with van der Waals surface area (Å²) in [7, 11) is 0. The van der Waals surface area contributed by atoms with E-state index in [2.05, 4.69) is 6.92 Å². The first kappa shape index (κ1) is 13.1. The molecule has 1 heterocycles. The van der Waals surface area contributed by atoms with Crippen LogP contribution in [0.4, 0.5) is 4.39 Å². The summed E-state index contributed by atoms with van der Waals surface area (Å²) < 4.78 is 26.4. The molecule has 1 aromatic carbocycles. The summed E-state index contributed by atoms with van der Waals surface area (Å²) >= 11 is 0. The average Bonchev–Trinajstić information content (AvgIpc) is 2.85. The van der Waals surface area contributed by atoms with Gasteiger partial charge in [0.15, 0.2) is 0 Å². The molecule has 2 fully saturated rings. The number of benzene rings is 1. The van der Waals surface area contributed by atoms with Gasteiger partial charge in [-0.2, -0.15) is 0 Å². The van der Waals surface area contributed by atoms with E-state index in [1.165, 1.54) is 0 Å². The molecule has 1 aliphatic carbocycles. The predicted molar refractivity (Wildman–Crippen MR) is 71.6 cm³/mol. The van der Waals surface area contributed by atoms with Crippen molar-refractivity contribution in [1.29, 1.82) is 0 Å². The van der Waals surface area contributed by atoms with Crippen LogP contribution in [-0.4, -0.2) is 24.0 Å². The van der Waals surface area contributed by atoms with Crippen LogP contribution in [0.2, 0.25) is 0 Å². The van der Waals surface area contributed by atoms with Gasteiger partial charge in [0, 0.05) is 6.42 Å². The molecule has 5 atom stereocenters. The molecule has 0 radical (unpaired) electrons. The Labute approximate surface area is 113 Å². The zero-order valence-electron chi connectivity index (χ0n) is 11.5. The number of hydrogen-bond donors (Lipinski definition) is 0. The fraction of sp³-hybridized carbons (Fsp3) is 0.625. The maximum atomic E-state index is 14.5. The van der Waals surface area contributed by atoms with E-state index in [-0.39, 0.29) is 18.1 Å². The molecular weight excluding hydrogens is 243 g/mol. The standard InChI is InChI=1S/C16H21FO2/c1-11-8-14(17)16(9-12(2)19-15(11)16)18-10-13-6-4-3-5-7-13/h3-7,11-12,14-15H,8-10H2,1-2H3/t11-,12+,14?,15-,16-/m1/s1. The fourth-order valence-corrected chi connectivity index (χ4v) is 3.57. The molecule has 1 aliphatic heterocycles. The lowest BCUT2D eigenvalue weighted by molar-refractivity contribution is -0.120. The SMILES string of the molecule is C[C@@H]1CC(F)[C@]2(OCc3ccccc3)C[C@H](C)O[C@H]12. The molecule has 0 N–H and O–H groups in total. The minimum atomic E-state index is -0.916. The second-order valence-electron chi connectivity index (χ2n) is 5.98. The van der Waals surface area contributed by atoms with Crippen LogP contribution in [0.25, 0.3) is 0 Å². The van der Waals surface area contributed by atoms with E-state index in [0.717, 1.165) is 5.56 Å². The summed E-state index contributed by atoms with van der Waals surface area (Å²) in [6.45, 7) is 4.52. The summed E-state index contributed by atoms with van der Waals surface area (Å²) in [4.78, 5) is 0. The number of fused-ring (bicyclic) bond motifs is 1. The van der Waals surface area contributed by atoms with Gasteiger partial charge in [-0.05, 0) is 24.8 Å². The maximum absolute atomic E-state index is 14.5. The third-order valence-electron chi connectivity index (χ3n) is 4.44. The lowest BCUT2D eigenvalue weighted by atomic mass is 9.93. The van der Waals surface area contributed by atoms with Crippen LogP contribution in [0.3, 0.4) is 0 Å². The number of rotatable bonds is 3. The van der Waals surface area contributed by atoms with Gasteiger partial charge < -0.3 is 9.47 Å². The largest absolute Gasteiger partial charge is 0.372 e. The Kier molecular flexibility index (Phi) is 3.35. The van der Waals surface area contributed by atoms with Crippen LogP contribution in [0.5, 0.6) is 0 Å². The van der Waals surface area contributed by atoms with E-state index in [0.29, 0.717) is 19.4 Å². The van der Waals surface area contributed by atoms with Crippen molar-refractivity contribution in [3.63, 3.8) is 0 Å². The molecule has 19 heavy (non-hydrogen) atoms. The van der Waals surface area contributed by atoms with Gasteiger partial charge in [-0.25, -0.2) is 4.39 Å². The first-order chi connectivity index (χ1) is 9.12. The number of ether oxygens (including phenoxy) is 2. The van der Waals surface area contributed by atoms with E-state index in [1.807, 2.05) is 37.3 Å². The third kappa shape index (κ3) is 2.19. The quantitative estimate of drug-likeness (QED) is 0.832. The molecule has 3 rings (SSSR count). The molecule has 1 aromatic rings. The van der Waals surface area contributed by atoms with Gasteiger partial charge in [-0.1, -0.05) is 37.3 Å². The molecule has 2 aliphatic rings. The van der Waals surface area contributed by atoms with Crippen molar-refractivity contribution >= 4 is 0 Å². The highest BCUT2D eigenvalue weighted by Gasteiger charge is 2.61. The zero-order valence-corrected chi connectivity index (χ0v) is 11.5. The van der Waals surface area contributed by atoms with Crippen LogP contribution >= 0.6 is 0 Å². The number of alkyl halides is 1. The maximum Gasteiger partial charge on any atom is 0.132 e. The van der Waals surface area contributed by atoms with Gasteiger partial charge in [0.25, 0.3) is 0 Å². The molecule has 1 saturated heterocycles. The Balaban J connectivity index is 1.77. The molecule has 1 unspecified atom stereocenters. The number of halogens is 1. The summed E-state index contributed by atoms with van der Waals surface area (Å²) in [6, 6.07) is 9.95. The van der Waals surface area contributed by atoms with Crippen molar-refractivity contribution in [2.45, 2.75) is 57.3 Å². The first-order valence-electron chi connectivity index (χ1n) is 7.09. The minimum Gasteiger partial charge on any atom is -0.372 e. The molecule has 2 nitrogen and oxygen atoms in total. The van der Waals surface area contributed by atoms with Gasteiger partial charge in [-0.3, -0.25) is 0 Å². The topological polar surface area (TPSA) is 18.5 Å². The highest BCUT2D eigenvalue weighted by atomic mass is 19.1. The van der Waals surface area contributed by atoms with Gasteiger partial charge >= 0.3 is 0 Å². The summed E-state index contributed by atoms with van der Waals surface area (Å²) in [5.41, 5.74) is 0.358. The Bertz CT molecular complexity index is 436. The number of hydrogen-bond acceptors (Lipinski definition) is 2. The Hall–Kier alpha value is -0.930. The monoisotopic (exact) mass is 264 g/mol. The predicted octanol–water partition coefficient (Wildman–Crippen LogP) is 3.50. The first-order valence-corrected chi connectivity index (χ1v) is 7.09. The second kappa shape index (κ2) is 4.88. The van der Waals surface area contributed by atoms with E-state index < -0.39 is 11.8 Å². The van der Waals surface area contributed by atoms with Crippen LogP contribution in [-0.2, 0) is 16.1 Å². The summed E-state index contributed by atoms with van der Waals surface area (Å²) in [6.07, 6.45) is 0.284. The molecule has 3 heteroatoms. The third-order valence-corrected chi connectivity index (χ3v) is 4.44. The fourth-order valence-electron chi connectivity index (χ4n) is 3.57. The van der Waals surface area contributed by atoms with Crippen LogP contribution in [0.15, 0.2) is 30.3 Å². The van der Waals surface area contributed by atoms with E-state index >= 15 is 0 Å². The zero-order chi connectivity index (χ0) is 13.5. The molecule has 1 saturated carbocycles. The normalized spacial score (nSPS) is 41.4. The van der Waals surface area contributed by atoms with Gasteiger partial charge in [-0.15, -0.1) is 0 Å². The summed E-state index contributed by atoms with van der Waals surface area (Å²) in [5, 5.41) is 0. The highest BCUT2D eigenvalue weighted by Crippen LogP contribution is 2.50. The van der Waals surface area contributed by atoms with Crippen molar-refractivity contribution in [2.24, 2.45) is 5.92 Å². The van der Waals surface area contributed by atoms with Crippen LogP contribution in [0, 0.1) is 5.92 Å². The molecule has 104 valence electrons. The van der Waals surface area contributed by atoms with Gasteiger partial charge in [0.2, 0.25) is 0 Å². The Morgan fingerprint density at radius 3 is 2.79 bits per heavy atom.